The van der Waals surface area contributed by atoms with Crippen LogP contribution < -0.4 is 4.90 Å². The van der Waals surface area contributed by atoms with Crippen LogP contribution in [-0.4, -0.2) is 28.5 Å². The summed E-state index contributed by atoms with van der Waals surface area (Å²) in [5, 5.41) is 9.60. The summed E-state index contributed by atoms with van der Waals surface area (Å²) >= 11 is 11.9. The number of pyridine rings is 1. The molecular weight excluding hydrogens is 279 g/mol. The molecule has 1 N–H and O–H groups in total. The van der Waals surface area contributed by atoms with Gasteiger partial charge in [0.15, 0.2) is 5.82 Å². The first-order chi connectivity index (χ1) is 8.41. The molecule has 1 atom stereocenters. The van der Waals surface area contributed by atoms with Gasteiger partial charge < -0.3 is 5.11 Å². The summed E-state index contributed by atoms with van der Waals surface area (Å²) in [7, 11) is 0. The molecule has 18 heavy (non-hydrogen) atoms. The molecule has 1 aromatic heterocycles. The van der Waals surface area contributed by atoms with Crippen molar-refractivity contribution < 1.29 is 14.7 Å². The number of amides is 1. The van der Waals surface area contributed by atoms with Gasteiger partial charge in [-0.15, -0.1) is 0 Å². The molecule has 0 spiro atoms. The monoisotopic (exact) mass is 288 g/mol. The maximum absolute atomic E-state index is 11.8. The highest BCUT2D eigenvalue weighted by Crippen LogP contribution is 2.34. The van der Waals surface area contributed by atoms with Gasteiger partial charge in [0.25, 0.3) is 0 Å². The van der Waals surface area contributed by atoms with Crippen LogP contribution in [0.4, 0.5) is 5.82 Å². The van der Waals surface area contributed by atoms with Crippen molar-refractivity contribution in [2.24, 2.45) is 5.92 Å². The fourth-order valence-corrected chi connectivity index (χ4v) is 2.25. The van der Waals surface area contributed by atoms with Crippen LogP contribution in [-0.2, 0) is 9.59 Å². The molecule has 2 rings (SSSR count). The van der Waals surface area contributed by atoms with Crippen LogP contribution in [0.15, 0.2) is 6.20 Å². The van der Waals surface area contributed by atoms with Crippen LogP contribution in [0.2, 0.25) is 10.0 Å². The number of nitrogens with zero attached hydrogens (tertiary/aromatic N) is 2. The fourth-order valence-electron chi connectivity index (χ4n) is 1.81. The summed E-state index contributed by atoms with van der Waals surface area (Å²) in [6.45, 7) is 1.80. The number of carboxylic acids is 1. The van der Waals surface area contributed by atoms with E-state index in [9.17, 15) is 9.59 Å². The third-order valence-electron chi connectivity index (χ3n) is 2.91. The van der Waals surface area contributed by atoms with Crippen LogP contribution >= 0.6 is 23.2 Å². The van der Waals surface area contributed by atoms with Crippen molar-refractivity contribution >= 4 is 40.9 Å². The highest BCUT2D eigenvalue weighted by atomic mass is 35.5. The number of aromatic nitrogens is 1. The van der Waals surface area contributed by atoms with Crippen LogP contribution in [0.3, 0.4) is 0 Å². The Morgan fingerprint density at radius 2 is 2.22 bits per heavy atom. The fraction of sp³-hybridized carbons (Fsp3) is 0.364. The quantitative estimate of drug-likeness (QED) is 0.905. The van der Waals surface area contributed by atoms with Gasteiger partial charge in [-0.1, -0.05) is 23.2 Å². The Morgan fingerprint density at radius 1 is 1.56 bits per heavy atom. The molecule has 0 radical (unpaired) electrons. The van der Waals surface area contributed by atoms with E-state index in [4.69, 9.17) is 28.3 Å². The SMILES string of the molecule is Cc1c(Cl)cnc(N2CC(C(=O)O)CC2=O)c1Cl. The van der Waals surface area contributed by atoms with E-state index >= 15 is 0 Å². The lowest BCUT2D eigenvalue weighted by atomic mass is 10.1. The summed E-state index contributed by atoms with van der Waals surface area (Å²) in [6, 6.07) is 0. The number of rotatable bonds is 2. The Balaban J connectivity index is 2.36. The topological polar surface area (TPSA) is 70.5 Å². The van der Waals surface area contributed by atoms with Gasteiger partial charge in [-0.3, -0.25) is 14.5 Å². The minimum absolute atomic E-state index is 0.0327. The van der Waals surface area contributed by atoms with Gasteiger partial charge in [0.2, 0.25) is 5.91 Å². The number of carboxylic acid groups (broad SMARTS) is 1. The van der Waals surface area contributed by atoms with Gasteiger partial charge in [0, 0.05) is 19.2 Å². The number of hydrogen-bond acceptors (Lipinski definition) is 3. The molecule has 1 saturated heterocycles. The number of halogens is 2. The third kappa shape index (κ3) is 2.15. The second kappa shape index (κ2) is 4.74. The molecule has 1 aromatic rings. The number of carbonyl (C=O) groups excluding carboxylic acids is 1. The maximum atomic E-state index is 11.8. The number of aliphatic carboxylic acids is 1. The van der Waals surface area contributed by atoms with E-state index in [1.54, 1.807) is 6.92 Å². The zero-order valence-corrected chi connectivity index (χ0v) is 11.0. The third-order valence-corrected chi connectivity index (χ3v) is 3.75. The summed E-state index contributed by atoms with van der Waals surface area (Å²) in [5.74, 6) is -1.73. The van der Waals surface area contributed by atoms with E-state index in [1.165, 1.54) is 11.1 Å². The van der Waals surface area contributed by atoms with Crippen LogP contribution in [0, 0.1) is 12.8 Å². The zero-order chi connectivity index (χ0) is 13.4. The summed E-state index contributed by atoms with van der Waals surface area (Å²) in [4.78, 5) is 28.0. The van der Waals surface area contributed by atoms with Crippen molar-refractivity contribution in [1.29, 1.82) is 0 Å². The van der Waals surface area contributed by atoms with E-state index in [0.29, 0.717) is 10.6 Å². The Hall–Kier alpha value is -1.33. The number of carbonyl (C=O) groups is 2. The molecule has 1 unspecified atom stereocenters. The maximum Gasteiger partial charge on any atom is 0.308 e. The lowest BCUT2D eigenvalue weighted by molar-refractivity contribution is -0.141. The van der Waals surface area contributed by atoms with Crippen molar-refractivity contribution in [3.63, 3.8) is 0 Å². The minimum Gasteiger partial charge on any atom is -0.481 e. The highest BCUT2D eigenvalue weighted by molar-refractivity contribution is 6.37. The summed E-state index contributed by atoms with van der Waals surface area (Å²) < 4.78 is 0. The van der Waals surface area contributed by atoms with Gasteiger partial charge >= 0.3 is 5.97 Å². The molecule has 0 saturated carbocycles. The first kappa shape index (κ1) is 13.1. The predicted octanol–water partition coefficient (Wildman–Crippen LogP) is 2.13. The second-order valence-electron chi connectivity index (χ2n) is 4.11. The lowest BCUT2D eigenvalue weighted by Gasteiger charge is -2.17. The van der Waals surface area contributed by atoms with Gasteiger partial charge in [-0.25, -0.2) is 4.98 Å². The van der Waals surface area contributed by atoms with E-state index in [2.05, 4.69) is 4.98 Å². The Morgan fingerprint density at radius 3 is 2.78 bits per heavy atom. The molecule has 5 nitrogen and oxygen atoms in total. The van der Waals surface area contributed by atoms with E-state index in [-0.39, 0.29) is 29.7 Å². The van der Waals surface area contributed by atoms with Crippen molar-refractivity contribution in [3.05, 3.63) is 21.8 Å². The second-order valence-corrected chi connectivity index (χ2v) is 4.90. The van der Waals surface area contributed by atoms with Crippen molar-refractivity contribution in [2.75, 3.05) is 11.4 Å². The predicted molar refractivity (Wildman–Crippen MR) is 67.1 cm³/mol. The first-order valence-electron chi connectivity index (χ1n) is 5.25. The molecule has 0 aliphatic carbocycles. The van der Waals surface area contributed by atoms with E-state index in [1.807, 2.05) is 0 Å². The molecule has 1 aliphatic heterocycles. The first-order valence-corrected chi connectivity index (χ1v) is 6.01. The summed E-state index contributed by atoms with van der Waals surface area (Å²) in [6.07, 6.45) is 1.37. The van der Waals surface area contributed by atoms with E-state index in [0.717, 1.165) is 0 Å². The molecule has 1 aliphatic rings. The Kier molecular flexibility index (Phi) is 3.45. The van der Waals surface area contributed by atoms with Gasteiger partial charge in [0.05, 0.1) is 16.0 Å². The van der Waals surface area contributed by atoms with E-state index < -0.39 is 11.9 Å². The van der Waals surface area contributed by atoms with Crippen LogP contribution in [0.1, 0.15) is 12.0 Å². The largest absolute Gasteiger partial charge is 0.481 e. The molecule has 2 heterocycles. The average molecular weight is 289 g/mol. The van der Waals surface area contributed by atoms with Crippen molar-refractivity contribution in [2.45, 2.75) is 13.3 Å². The minimum atomic E-state index is -0.993. The highest BCUT2D eigenvalue weighted by Gasteiger charge is 2.36. The Labute approximate surface area is 113 Å². The van der Waals surface area contributed by atoms with Gasteiger partial charge in [-0.05, 0) is 12.5 Å². The smallest absolute Gasteiger partial charge is 0.308 e. The molecule has 1 amide bonds. The van der Waals surface area contributed by atoms with Crippen LogP contribution in [0.5, 0.6) is 0 Å². The molecule has 1 fully saturated rings. The van der Waals surface area contributed by atoms with Crippen LogP contribution in [0.25, 0.3) is 0 Å². The summed E-state index contributed by atoms with van der Waals surface area (Å²) in [5.41, 5.74) is 0.620. The lowest BCUT2D eigenvalue weighted by Crippen LogP contribution is -2.27. The van der Waals surface area contributed by atoms with Crippen molar-refractivity contribution in [1.82, 2.24) is 4.98 Å². The van der Waals surface area contributed by atoms with Gasteiger partial charge in [0.1, 0.15) is 0 Å². The Bertz CT molecular complexity index is 533. The number of anilines is 1. The molecule has 96 valence electrons. The molecule has 7 heteroatoms. The average Bonchev–Trinajstić information content (AvgIpc) is 2.69. The molecular formula is C11H10Cl2N2O3. The molecule has 0 aromatic carbocycles. The van der Waals surface area contributed by atoms with Crippen molar-refractivity contribution in [3.8, 4) is 0 Å². The molecule has 0 bridgehead atoms. The van der Waals surface area contributed by atoms with Gasteiger partial charge in [-0.2, -0.15) is 0 Å². The standard InChI is InChI=1S/C11H10Cl2N2O3/c1-5-7(12)3-14-10(9(5)13)15-4-6(11(17)18)2-8(15)16/h3,6H,2,4H2,1H3,(H,17,18). The normalized spacial score (nSPS) is 19.4. The number of hydrogen-bond donors (Lipinski definition) is 1. The zero-order valence-electron chi connectivity index (χ0n) is 9.48.